The summed E-state index contributed by atoms with van der Waals surface area (Å²) in [5.41, 5.74) is 0.842. The van der Waals surface area contributed by atoms with Crippen LogP contribution in [-0.4, -0.2) is 49.9 Å². The lowest BCUT2D eigenvalue weighted by Gasteiger charge is -2.60. The molecule has 5 saturated carbocycles. The third-order valence-corrected chi connectivity index (χ3v) is 16.8. The second kappa shape index (κ2) is 14.0. The molecule has 1 aromatic carbocycles. The highest BCUT2D eigenvalue weighted by atomic mass is 28.4. The van der Waals surface area contributed by atoms with Crippen molar-refractivity contribution in [3.05, 3.63) is 41.6 Å². The number of alkyl halides is 3. The van der Waals surface area contributed by atoms with Crippen molar-refractivity contribution in [1.29, 1.82) is 5.26 Å². The van der Waals surface area contributed by atoms with Crippen LogP contribution in [0, 0.1) is 40.4 Å². The van der Waals surface area contributed by atoms with Gasteiger partial charge in [-0.3, -0.25) is 0 Å². The van der Waals surface area contributed by atoms with E-state index in [1.807, 2.05) is 0 Å². The standard InChI is InChI=1S/C37H53F3N6O2Si/c1-35(2,3)49(4,5)48-30-12-10-24(11-13-30)20-42-32-27-14-25-15-28(32)18-36(16-25,17-27)23-45-33-29(19-41)22-44-34(46-33)43-21-26-8-6-7-9-31(26)47-37(38,39)40/h6-9,22,24-25,27-28,30,32,42H,10-18,20-21,23H2,1-5H3,(H2,43,44,45,46)/t24?,25?,27-,28+,30?,32?,36?. The van der Waals surface area contributed by atoms with Crippen molar-refractivity contribution in [2.45, 2.75) is 122 Å². The van der Waals surface area contributed by atoms with Gasteiger partial charge in [0.05, 0.1) is 6.20 Å². The molecule has 8 nitrogen and oxygen atoms in total. The Bertz CT molecular complexity index is 1480. The summed E-state index contributed by atoms with van der Waals surface area (Å²) in [6, 6.07) is 8.75. The first-order chi connectivity index (χ1) is 23.1. The summed E-state index contributed by atoms with van der Waals surface area (Å²) in [6.45, 7) is 13.6. The average Bonchev–Trinajstić information content (AvgIpc) is 3.02. The quantitative estimate of drug-likeness (QED) is 0.189. The Labute approximate surface area is 290 Å². The Hall–Kier alpha value is -2.88. The van der Waals surface area contributed by atoms with Crippen LogP contribution in [0.4, 0.5) is 24.9 Å². The highest BCUT2D eigenvalue weighted by Gasteiger charge is 2.55. The maximum Gasteiger partial charge on any atom is 0.573 e. The van der Waals surface area contributed by atoms with E-state index in [2.05, 4.69) is 70.6 Å². The molecule has 268 valence electrons. The van der Waals surface area contributed by atoms with Crippen LogP contribution in [0.2, 0.25) is 18.1 Å². The molecule has 0 radical (unpaired) electrons. The summed E-state index contributed by atoms with van der Waals surface area (Å²) in [4.78, 5) is 8.82. The first-order valence-corrected chi connectivity index (χ1v) is 21.0. The molecular formula is C37H53F3N6O2Si. The first kappa shape index (κ1) is 35.9. The number of hydrogen-bond acceptors (Lipinski definition) is 8. The van der Waals surface area contributed by atoms with E-state index in [9.17, 15) is 18.4 Å². The summed E-state index contributed by atoms with van der Waals surface area (Å²) in [6.07, 6.45) is 8.09. The molecule has 5 aliphatic carbocycles. The number of para-hydroxylation sites is 1. The molecule has 3 N–H and O–H groups in total. The minimum Gasteiger partial charge on any atom is -0.414 e. The number of anilines is 2. The van der Waals surface area contributed by atoms with Crippen molar-refractivity contribution in [3.8, 4) is 11.8 Å². The van der Waals surface area contributed by atoms with Gasteiger partial charge in [-0.05, 0) is 118 Å². The van der Waals surface area contributed by atoms with Gasteiger partial charge in [0.25, 0.3) is 0 Å². The third-order valence-electron chi connectivity index (χ3n) is 12.3. The van der Waals surface area contributed by atoms with E-state index >= 15 is 0 Å². The predicted molar refractivity (Wildman–Crippen MR) is 187 cm³/mol. The normalized spacial score (nSPS) is 29.8. The van der Waals surface area contributed by atoms with Crippen LogP contribution in [0.15, 0.2) is 30.5 Å². The molecule has 2 aromatic rings. The van der Waals surface area contributed by atoms with Gasteiger partial charge in [0, 0.05) is 30.8 Å². The van der Waals surface area contributed by atoms with Gasteiger partial charge in [0.2, 0.25) is 5.95 Å². The Kier molecular flexibility index (Phi) is 10.3. The molecule has 0 saturated heterocycles. The largest absolute Gasteiger partial charge is 0.573 e. The van der Waals surface area contributed by atoms with E-state index < -0.39 is 14.7 Å². The number of nitriles is 1. The summed E-state index contributed by atoms with van der Waals surface area (Å²) < 4.78 is 49.6. The number of benzene rings is 1. The van der Waals surface area contributed by atoms with Crippen molar-refractivity contribution in [2.75, 3.05) is 23.7 Å². The van der Waals surface area contributed by atoms with Crippen molar-refractivity contribution < 1.29 is 22.3 Å². The van der Waals surface area contributed by atoms with Gasteiger partial charge in [-0.15, -0.1) is 13.2 Å². The third kappa shape index (κ3) is 8.54. The fraction of sp³-hybridized carbons (Fsp3) is 0.703. The number of hydrogen-bond donors (Lipinski definition) is 3. The smallest absolute Gasteiger partial charge is 0.414 e. The van der Waals surface area contributed by atoms with Gasteiger partial charge in [0.15, 0.2) is 8.32 Å². The van der Waals surface area contributed by atoms with Gasteiger partial charge in [-0.1, -0.05) is 39.0 Å². The van der Waals surface area contributed by atoms with Crippen molar-refractivity contribution >= 4 is 20.1 Å². The van der Waals surface area contributed by atoms with E-state index in [-0.39, 0.29) is 28.7 Å². The average molecular weight is 699 g/mol. The molecule has 0 spiro atoms. The summed E-state index contributed by atoms with van der Waals surface area (Å²) >= 11 is 0. The molecule has 0 aliphatic heterocycles. The maximum absolute atomic E-state index is 12.9. The molecule has 5 aliphatic rings. The fourth-order valence-electron chi connectivity index (χ4n) is 9.10. The minimum atomic E-state index is -4.79. The van der Waals surface area contributed by atoms with Crippen LogP contribution in [0.5, 0.6) is 5.75 Å². The molecule has 7 rings (SSSR count). The minimum absolute atomic E-state index is 0.0348. The SMILES string of the molecule is CC(C)(C)[Si](C)(C)OC1CCC(CNC2[C@@H]3CC4C[C@H]2CC(CNc2nc(NCc5ccccc5OC(F)(F)F)ncc2C#N)(C4)C3)CC1. The van der Waals surface area contributed by atoms with Gasteiger partial charge in [-0.2, -0.15) is 10.2 Å². The zero-order valence-electron chi connectivity index (χ0n) is 29.6. The Morgan fingerprint density at radius 3 is 2.35 bits per heavy atom. The molecule has 5 atom stereocenters. The lowest BCUT2D eigenvalue weighted by molar-refractivity contribution is -0.274. The second-order valence-corrected chi connectivity index (χ2v) is 21.6. The Balaban J connectivity index is 1.02. The van der Waals surface area contributed by atoms with Crippen LogP contribution in [-0.2, 0) is 11.0 Å². The second-order valence-electron chi connectivity index (χ2n) is 16.9. The van der Waals surface area contributed by atoms with E-state index in [0.29, 0.717) is 40.9 Å². The number of aromatic nitrogens is 2. The van der Waals surface area contributed by atoms with Crippen LogP contribution in [0.1, 0.15) is 89.7 Å². The van der Waals surface area contributed by atoms with Gasteiger partial charge in [-0.25, -0.2) is 4.98 Å². The molecule has 1 aromatic heterocycles. The van der Waals surface area contributed by atoms with E-state index in [4.69, 9.17) is 4.43 Å². The van der Waals surface area contributed by atoms with Gasteiger partial charge >= 0.3 is 6.36 Å². The first-order valence-electron chi connectivity index (χ1n) is 18.1. The lowest BCUT2D eigenvalue weighted by atomic mass is 9.48. The van der Waals surface area contributed by atoms with Crippen molar-refractivity contribution in [2.24, 2.45) is 29.1 Å². The molecular weight excluding hydrogens is 646 g/mol. The molecule has 3 unspecified atom stereocenters. The van der Waals surface area contributed by atoms with Crippen molar-refractivity contribution in [1.82, 2.24) is 15.3 Å². The highest BCUT2D eigenvalue weighted by molar-refractivity contribution is 6.74. The van der Waals surface area contributed by atoms with Crippen LogP contribution < -0.4 is 20.7 Å². The molecule has 1 heterocycles. The number of nitrogens with one attached hydrogen (secondary N) is 3. The predicted octanol–water partition coefficient (Wildman–Crippen LogP) is 8.64. The molecule has 4 bridgehead atoms. The number of nitrogens with zero attached hydrogens (tertiary/aromatic N) is 3. The molecule has 12 heteroatoms. The topological polar surface area (TPSA) is 104 Å². The number of ether oxygens (including phenoxy) is 1. The monoisotopic (exact) mass is 698 g/mol. The van der Waals surface area contributed by atoms with E-state index in [0.717, 1.165) is 24.9 Å². The maximum atomic E-state index is 12.9. The fourth-order valence-corrected chi connectivity index (χ4v) is 10.5. The van der Waals surface area contributed by atoms with Crippen LogP contribution >= 0.6 is 0 Å². The van der Waals surface area contributed by atoms with Crippen molar-refractivity contribution in [3.63, 3.8) is 0 Å². The van der Waals surface area contributed by atoms with Gasteiger partial charge in [0.1, 0.15) is 23.2 Å². The Morgan fingerprint density at radius 1 is 1.00 bits per heavy atom. The lowest BCUT2D eigenvalue weighted by Crippen LogP contribution is -2.60. The number of rotatable bonds is 12. The van der Waals surface area contributed by atoms with E-state index in [1.165, 1.54) is 76.1 Å². The van der Waals surface area contributed by atoms with Crippen LogP contribution in [0.25, 0.3) is 0 Å². The Morgan fingerprint density at radius 2 is 1.69 bits per heavy atom. The molecule has 49 heavy (non-hydrogen) atoms. The summed E-state index contributed by atoms with van der Waals surface area (Å²) in [5.74, 6) is 3.23. The highest BCUT2D eigenvalue weighted by Crippen LogP contribution is 2.60. The molecule has 0 amide bonds. The zero-order chi connectivity index (χ0) is 35.0. The summed E-state index contributed by atoms with van der Waals surface area (Å²) in [7, 11) is -1.73. The summed E-state index contributed by atoms with van der Waals surface area (Å²) in [5, 5.41) is 20.6. The number of halogens is 3. The van der Waals surface area contributed by atoms with Crippen LogP contribution in [0.3, 0.4) is 0 Å². The molecule has 5 fully saturated rings. The van der Waals surface area contributed by atoms with E-state index in [1.54, 1.807) is 12.1 Å². The zero-order valence-corrected chi connectivity index (χ0v) is 30.6. The van der Waals surface area contributed by atoms with Gasteiger partial charge < -0.3 is 25.1 Å².